The number of hydrogen-bond acceptors (Lipinski definition) is 2. The molecule has 2 N–H and O–H groups in total. The molecule has 1 aromatic carbocycles. The fraction of sp³-hybridized carbons (Fsp3) is 0.611. The highest BCUT2D eigenvalue weighted by molar-refractivity contribution is 5.80. The van der Waals surface area contributed by atoms with Gasteiger partial charge in [-0.1, -0.05) is 39.0 Å². The van der Waals surface area contributed by atoms with Gasteiger partial charge in [-0.15, -0.1) is 0 Å². The van der Waals surface area contributed by atoms with Crippen molar-refractivity contribution in [1.29, 1.82) is 0 Å². The molecule has 0 aliphatic carbocycles. The molecule has 1 unspecified atom stereocenters. The minimum Gasteiger partial charge on any atom is -0.398 e. The maximum absolute atomic E-state index is 12.5. The molecule has 21 heavy (non-hydrogen) atoms. The molecule has 3 nitrogen and oxygen atoms in total. The maximum Gasteiger partial charge on any atom is 0.227 e. The molecular weight excluding hydrogens is 260 g/mol. The zero-order valence-corrected chi connectivity index (χ0v) is 13.6. The number of carbonyl (C=O) groups excluding carboxylic acids is 1. The molecule has 1 aliphatic heterocycles. The van der Waals surface area contributed by atoms with Gasteiger partial charge in [-0.2, -0.15) is 0 Å². The molecule has 0 spiro atoms. The standard InChI is InChI=1S/C18H28N2O/c1-18(2,3)15-8-6-11-20(12-10-15)17(21)13-14-7-4-5-9-16(14)19/h4-5,7,9,15H,6,8,10-13,19H2,1-3H3. The Hall–Kier alpha value is -1.51. The first kappa shape index (κ1) is 15.9. The summed E-state index contributed by atoms with van der Waals surface area (Å²) < 4.78 is 0. The van der Waals surface area contributed by atoms with E-state index in [1.807, 2.05) is 29.2 Å². The number of hydrogen-bond donors (Lipinski definition) is 1. The van der Waals surface area contributed by atoms with E-state index in [1.54, 1.807) is 0 Å². The quantitative estimate of drug-likeness (QED) is 0.847. The highest BCUT2D eigenvalue weighted by atomic mass is 16.2. The number of benzene rings is 1. The van der Waals surface area contributed by atoms with Crippen molar-refractivity contribution >= 4 is 11.6 Å². The van der Waals surface area contributed by atoms with Gasteiger partial charge in [0.25, 0.3) is 0 Å². The first-order valence-corrected chi connectivity index (χ1v) is 7.99. The van der Waals surface area contributed by atoms with Crippen LogP contribution in [0, 0.1) is 11.3 Å². The van der Waals surface area contributed by atoms with Crippen LogP contribution < -0.4 is 5.73 Å². The van der Waals surface area contributed by atoms with Crippen molar-refractivity contribution in [2.75, 3.05) is 18.8 Å². The zero-order valence-electron chi connectivity index (χ0n) is 13.6. The second-order valence-corrected chi connectivity index (χ2v) is 7.25. The number of rotatable bonds is 2. The average molecular weight is 288 g/mol. The lowest BCUT2D eigenvalue weighted by Crippen LogP contribution is -2.33. The lowest BCUT2D eigenvalue weighted by Gasteiger charge is -2.29. The normalized spacial score (nSPS) is 20.1. The van der Waals surface area contributed by atoms with Gasteiger partial charge in [-0.05, 0) is 42.2 Å². The van der Waals surface area contributed by atoms with Crippen LogP contribution in [0.25, 0.3) is 0 Å². The Kier molecular flexibility index (Phi) is 4.92. The van der Waals surface area contributed by atoms with E-state index in [0.29, 0.717) is 23.4 Å². The van der Waals surface area contributed by atoms with Crippen LogP contribution in [0.2, 0.25) is 0 Å². The summed E-state index contributed by atoms with van der Waals surface area (Å²) in [6.07, 6.45) is 3.87. The van der Waals surface area contributed by atoms with Crippen LogP contribution >= 0.6 is 0 Å². The Bertz CT molecular complexity index is 490. The van der Waals surface area contributed by atoms with Crippen molar-refractivity contribution in [3.05, 3.63) is 29.8 Å². The molecule has 0 radical (unpaired) electrons. The van der Waals surface area contributed by atoms with E-state index >= 15 is 0 Å². The van der Waals surface area contributed by atoms with E-state index in [-0.39, 0.29) is 5.91 Å². The van der Waals surface area contributed by atoms with Gasteiger partial charge in [0.15, 0.2) is 0 Å². The smallest absolute Gasteiger partial charge is 0.227 e. The topological polar surface area (TPSA) is 46.3 Å². The highest BCUT2D eigenvalue weighted by Crippen LogP contribution is 2.34. The summed E-state index contributed by atoms with van der Waals surface area (Å²) in [5.74, 6) is 0.916. The van der Waals surface area contributed by atoms with Crippen LogP contribution in [-0.2, 0) is 11.2 Å². The largest absolute Gasteiger partial charge is 0.398 e. The van der Waals surface area contributed by atoms with Gasteiger partial charge < -0.3 is 10.6 Å². The summed E-state index contributed by atoms with van der Waals surface area (Å²) in [7, 11) is 0. The van der Waals surface area contributed by atoms with Crippen LogP contribution in [0.3, 0.4) is 0 Å². The van der Waals surface area contributed by atoms with Crippen LogP contribution in [-0.4, -0.2) is 23.9 Å². The molecule has 0 bridgehead atoms. The molecule has 3 heteroatoms. The minimum absolute atomic E-state index is 0.211. The summed E-state index contributed by atoms with van der Waals surface area (Å²) in [6.45, 7) is 8.69. The molecule has 0 saturated carbocycles. The number of nitrogens with two attached hydrogens (primary N) is 1. The lowest BCUT2D eigenvalue weighted by molar-refractivity contribution is -0.130. The third kappa shape index (κ3) is 4.23. The molecule has 116 valence electrons. The van der Waals surface area contributed by atoms with E-state index in [1.165, 1.54) is 6.42 Å². The van der Waals surface area contributed by atoms with Gasteiger partial charge in [0.2, 0.25) is 5.91 Å². The summed E-state index contributed by atoms with van der Waals surface area (Å²) in [6, 6.07) is 7.66. The predicted molar refractivity (Wildman–Crippen MR) is 87.9 cm³/mol. The molecule has 1 heterocycles. The number of para-hydroxylation sites is 1. The Morgan fingerprint density at radius 3 is 2.62 bits per heavy atom. The summed E-state index contributed by atoms with van der Waals surface area (Å²) in [5.41, 5.74) is 7.93. The van der Waals surface area contributed by atoms with Gasteiger partial charge >= 0.3 is 0 Å². The number of amides is 1. The van der Waals surface area contributed by atoms with Gasteiger partial charge in [0, 0.05) is 18.8 Å². The molecule has 1 fully saturated rings. The van der Waals surface area contributed by atoms with Crippen molar-refractivity contribution in [3.63, 3.8) is 0 Å². The van der Waals surface area contributed by atoms with Crippen LogP contribution in [0.4, 0.5) is 5.69 Å². The van der Waals surface area contributed by atoms with Crippen LogP contribution in [0.1, 0.15) is 45.6 Å². The molecule has 1 atom stereocenters. The third-order valence-electron chi connectivity index (χ3n) is 4.70. The first-order valence-electron chi connectivity index (χ1n) is 7.99. The fourth-order valence-corrected chi connectivity index (χ4v) is 3.18. The Balaban J connectivity index is 1.96. The van der Waals surface area contributed by atoms with E-state index in [4.69, 9.17) is 5.73 Å². The third-order valence-corrected chi connectivity index (χ3v) is 4.70. The van der Waals surface area contributed by atoms with Crippen molar-refractivity contribution < 1.29 is 4.79 Å². The van der Waals surface area contributed by atoms with Crippen molar-refractivity contribution in [1.82, 2.24) is 4.90 Å². The molecule has 1 amide bonds. The van der Waals surface area contributed by atoms with E-state index < -0.39 is 0 Å². The highest BCUT2D eigenvalue weighted by Gasteiger charge is 2.28. The Morgan fingerprint density at radius 1 is 1.24 bits per heavy atom. The fourth-order valence-electron chi connectivity index (χ4n) is 3.18. The number of nitrogen functional groups attached to an aromatic ring is 1. The molecule has 1 aromatic rings. The number of likely N-dealkylation sites (tertiary alicyclic amines) is 1. The second-order valence-electron chi connectivity index (χ2n) is 7.25. The van der Waals surface area contributed by atoms with Crippen LogP contribution in [0.15, 0.2) is 24.3 Å². The molecule has 0 aromatic heterocycles. The monoisotopic (exact) mass is 288 g/mol. The van der Waals surface area contributed by atoms with E-state index in [0.717, 1.165) is 31.5 Å². The molecular formula is C18H28N2O. The lowest BCUT2D eigenvalue weighted by atomic mass is 9.77. The number of carbonyl (C=O) groups is 1. The van der Waals surface area contributed by atoms with Crippen molar-refractivity contribution in [3.8, 4) is 0 Å². The average Bonchev–Trinajstić information content (AvgIpc) is 2.66. The minimum atomic E-state index is 0.211. The van der Waals surface area contributed by atoms with Crippen molar-refractivity contribution in [2.45, 2.75) is 46.5 Å². The SMILES string of the molecule is CC(C)(C)C1CCCN(C(=O)Cc2ccccc2N)CC1. The molecule has 1 saturated heterocycles. The maximum atomic E-state index is 12.5. The van der Waals surface area contributed by atoms with Crippen LogP contribution in [0.5, 0.6) is 0 Å². The summed E-state index contributed by atoms with van der Waals surface area (Å²) in [4.78, 5) is 14.5. The Morgan fingerprint density at radius 2 is 1.95 bits per heavy atom. The zero-order chi connectivity index (χ0) is 15.5. The summed E-state index contributed by atoms with van der Waals surface area (Å²) >= 11 is 0. The van der Waals surface area contributed by atoms with Gasteiger partial charge in [0.05, 0.1) is 6.42 Å². The van der Waals surface area contributed by atoms with Gasteiger partial charge in [0.1, 0.15) is 0 Å². The summed E-state index contributed by atoms with van der Waals surface area (Å²) in [5, 5.41) is 0. The van der Waals surface area contributed by atoms with Gasteiger partial charge in [-0.25, -0.2) is 0 Å². The van der Waals surface area contributed by atoms with E-state index in [9.17, 15) is 4.79 Å². The van der Waals surface area contributed by atoms with Gasteiger partial charge in [-0.3, -0.25) is 4.79 Å². The second kappa shape index (κ2) is 6.50. The Labute approximate surface area is 128 Å². The molecule has 1 aliphatic rings. The number of anilines is 1. The van der Waals surface area contributed by atoms with E-state index in [2.05, 4.69) is 20.8 Å². The molecule has 2 rings (SSSR count). The number of nitrogens with zero attached hydrogens (tertiary/aromatic N) is 1. The first-order chi connectivity index (χ1) is 9.88. The predicted octanol–water partition coefficient (Wildman–Crippen LogP) is 3.49. The van der Waals surface area contributed by atoms with Crippen molar-refractivity contribution in [2.24, 2.45) is 11.3 Å².